The molecule has 0 aromatic heterocycles. The van der Waals surface area contributed by atoms with Gasteiger partial charge in [-0.15, -0.1) is 0 Å². The lowest BCUT2D eigenvalue weighted by atomic mass is 9.93. The van der Waals surface area contributed by atoms with Gasteiger partial charge in [-0.25, -0.2) is 9.79 Å². The number of nitrogens with zero attached hydrogens (tertiary/aromatic N) is 2. The first-order valence-electron chi connectivity index (χ1n) is 9.21. The topological polar surface area (TPSA) is 69.6 Å². The summed E-state index contributed by atoms with van der Waals surface area (Å²) < 4.78 is 21.9. The van der Waals surface area contributed by atoms with Crippen LogP contribution in [0.3, 0.4) is 0 Å². The molecule has 0 saturated carbocycles. The molecule has 1 aromatic rings. The molecule has 1 aromatic carbocycles. The van der Waals surface area contributed by atoms with Gasteiger partial charge < -0.3 is 23.8 Å². The van der Waals surface area contributed by atoms with Crippen LogP contribution in [0.5, 0.6) is 17.2 Å². The molecular formula is C20H26N2O5S. The summed E-state index contributed by atoms with van der Waals surface area (Å²) in [6.45, 7) is 4.78. The Morgan fingerprint density at radius 3 is 2.46 bits per heavy atom. The minimum atomic E-state index is -0.350. The van der Waals surface area contributed by atoms with Gasteiger partial charge in [0.2, 0.25) is 5.75 Å². The molecule has 2 aliphatic heterocycles. The number of aliphatic imine (C=N–C) groups is 1. The second kappa shape index (κ2) is 8.77. The van der Waals surface area contributed by atoms with Crippen molar-refractivity contribution in [3.05, 3.63) is 29.0 Å². The first-order valence-corrected chi connectivity index (χ1v) is 10.2. The van der Waals surface area contributed by atoms with Gasteiger partial charge in [-0.1, -0.05) is 11.8 Å². The summed E-state index contributed by atoms with van der Waals surface area (Å²) in [5.74, 6) is 2.28. The third-order valence-electron chi connectivity index (χ3n) is 4.76. The number of thioether (sulfide) groups is 1. The maximum Gasteiger partial charge on any atom is 0.338 e. The minimum absolute atomic E-state index is 0.308. The highest BCUT2D eigenvalue weighted by Gasteiger charge is 2.38. The van der Waals surface area contributed by atoms with Crippen LogP contribution in [-0.4, -0.2) is 56.3 Å². The highest BCUT2D eigenvalue weighted by atomic mass is 32.2. The molecule has 0 aliphatic carbocycles. The summed E-state index contributed by atoms with van der Waals surface area (Å²) in [6.07, 6.45) is 1.01. The lowest BCUT2D eigenvalue weighted by Crippen LogP contribution is -2.42. The normalized spacial score (nSPS) is 19.0. The maximum absolute atomic E-state index is 12.8. The summed E-state index contributed by atoms with van der Waals surface area (Å²) in [5.41, 5.74) is 2.09. The Kier molecular flexibility index (Phi) is 6.39. The monoisotopic (exact) mass is 406 g/mol. The van der Waals surface area contributed by atoms with Gasteiger partial charge in [0, 0.05) is 12.3 Å². The molecule has 28 heavy (non-hydrogen) atoms. The fourth-order valence-electron chi connectivity index (χ4n) is 3.54. The molecule has 7 nitrogen and oxygen atoms in total. The van der Waals surface area contributed by atoms with Gasteiger partial charge in [0.15, 0.2) is 16.7 Å². The zero-order valence-corrected chi connectivity index (χ0v) is 17.7. The quantitative estimate of drug-likeness (QED) is 0.671. The Labute approximate surface area is 169 Å². The van der Waals surface area contributed by atoms with Crippen LogP contribution in [-0.2, 0) is 9.53 Å². The van der Waals surface area contributed by atoms with Gasteiger partial charge in [0.1, 0.15) is 0 Å². The van der Waals surface area contributed by atoms with Crippen molar-refractivity contribution in [2.24, 2.45) is 4.99 Å². The number of carbonyl (C=O) groups excluding carboxylic acids is 1. The molecule has 3 rings (SSSR count). The number of hydrogen-bond acceptors (Lipinski definition) is 8. The van der Waals surface area contributed by atoms with E-state index in [2.05, 4.69) is 9.89 Å². The first-order chi connectivity index (χ1) is 13.5. The average Bonchev–Trinajstić information content (AvgIpc) is 2.71. The fraction of sp³-hybridized carbons (Fsp3) is 0.500. The van der Waals surface area contributed by atoms with Gasteiger partial charge in [0.25, 0.3) is 0 Å². The number of fused-ring (bicyclic) bond motifs is 1. The molecule has 0 N–H and O–H groups in total. The Hall–Kier alpha value is -2.35. The van der Waals surface area contributed by atoms with Gasteiger partial charge >= 0.3 is 5.97 Å². The van der Waals surface area contributed by atoms with E-state index in [9.17, 15) is 4.79 Å². The van der Waals surface area contributed by atoms with Crippen molar-refractivity contribution in [3.63, 3.8) is 0 Å². The number of hydrogen-bond donors (Lipinski definition) is 0. The van der Waals surface area contributed by atoms with Crippen LogP contribution >= 0.6 is 11.8 Å². The molecule has 152 valence electrons. The Morgan fingerprint density at radius 2 is 1.89 bits per heavy atom. The minimum Gasteiger partial charge on any atom is -0.493 e. The molecule has 2 aliphatic rings. The smallest absolute Gasteiger partial charge is 0.338 e. The molecule has 0 radical (unpaired) electrons. The molecule has 1 atom stereocenters. The lowest BCUT2D eigenvalue weighted by Gasteiger charge is -2.40. The van der Waals surface area contributed by atoms with E-state index in [0.717, 1.165) is 29.4 Å². The predicted molar refractivity (Wildman–Crippen MR) is 109 cm³/mol. The molecule has 8 heteroatoms. The van der Waals surface area contributed by atoms with E-state index >= 15 is 0 Å². The third kappa shape index (κ3) is 3.65. The van der Waals surface area contributed by atoms with Crippen molar-refractivity contribution >= 4 is 22.9 Å². The number of methoxy groups -OCH3 is 3. The Balaban J connectivity index is 2.18. The fourth-order valence-corrected chi connectivity index (χ4v) is 4.56. The summed E-state index contributed by atoms with van der Waals surface area (Å²) in [7, 11) is 4.73. The SMILES string of the molecule is CCOC(=O)C1=C(C)N=C2SCCCN2[C@@H]1c1cc(OC)c(OC)c(OC)c1. The van der Waals surface area contributed by atoms with Crippen molar-refractivity contribution in [1.82, 2.24) is 4.90 Å². The van der Waals surface area contributed by atoms with Crippen LogP contribution in [0.15, 0.2) is 28.4 Å². The number of carbonyl (C=O) groups is 1. The maximum atomic E-state index is 12.8. The Morgan fingerprint density at radius 1 is 1.21 bits per heavy atom. The van der Waals surface area contributed by atoms with E-state index in [1.807, 2.05) is 19.1 Å². The molecule has 0 amide bonds. The van der Waals surface area contributed by atoms with Gasteiger partial charge in [0.05, 0.1) is 45.2 Å². The number of rotatable bonds is 6. The van der Waals surface area contributed by atoms with Gasteiger partial charge in [-0.3, -0.25) is 0 Å². The number of amidine groups is 1. The largest absolute Gasteiger partial charge is 0.493 e. The van der Waals surface area contributed by atoms with Crippen molar-refractivity contribution in [2.75, 3.05) is 40.2 Å². The molecule has 1 saturated heterocycles. The number of allylic oxidation sites excluding steroid dienone is 1. The van der Waals surface area contributed by atoms with E-state index in [0.29, 0.717) is 35.1 Å². The molecule has 0 bridgehead atoms. The zero-order valence-electron chi connectivity index (χ0n) is 16.9. The van der Waals surface area contributed by atoms with Crippen LogP contribution < -0.4 is 14.2 Å². The average molecular weight is 407 g/mol. The molecule has 0 spiro atoms. The van der Waals surface area contributed by atoms with Crippen LogP contribution in [0.2, 0.25) is 0 Å². The van der Waals surface area contributed by atoms with Crippen molar-refractivity contribution in [2.45, 2.75) is 26.3 Å². The van der Waals surface area contributed by atoms with E-state index in [-0.39, 0.29) is 12.0 Å². The van der Waals surface area contributed by atoms with E-state index in [1.165, 1.54) is 0 Å². The Bertz CT molecular complexity index is 796. The molecular weight excluding hydrogens is 380 g/mol. The second-order valence-corrected chi connectivity index (χ2v) is 7.43. The summed E-state index contributed by atoms with van der Waals surface area (Å²) in [6, 6.07) is 3.45. The second-order valence-electron chi connectivity index (χ2n) is 6.37. The summed E-state index contributed by atoms with van der Waals surface area (Å²) in [5, 5.41) is 0.926. The first kappa shape index (κ1) is 20.4. The summed E-state index contributed by atoms with van der Waals surface area (Å²) >= 11 is 1.71. The molecule has 0 unspecified atom stereocenters. The highest BCUT2D eigenvalue weighted by molar-refractivity contribution is 8.13. The zero-order chi connectivity index (χ0) is 20.3. The summed E-state index contributed by atoms with van der Waals surface area (Å²) in [4.78, 5) is 19.7. The van der Waals surface area contributed by atoms with Crippen LogP contribution in [0, 0.1) is 0 Å². The molecule has 2 heterocycles. The van der Waals surface area contributed by atoms with Crippen LogP contribution in [0.4, 0.5) is 0 Å². The number of ether oxygens (including phenoxy) is 4. The number of benzene rings is 1. The lowest BCUT2D eigenvalue weighted by molar-refractivity contribution is -0.139. The highest BCUT2D eigenvalue weighted by Crippen LogP contribution is 2.45. The van der Waals surface area contributed by atoms with E-state index in [4.69, 9.17) is 18.9 Å². The van der Waals surface area contributed by atoms with Gasteiger partial charge in [-0.05, 0) is 38.0 Å². The van der Waals surface area contributed by atoms with E-state index < -0.39 is 0 Å². The van der Waals surface area contributed by atoms with Gasteiger partial charge in [-0.2, -0.15) is 0 Å². The third-order valence-corrected chi connectivity index (χ3v) is 5.83. The number of esters is 1. The standard InChI is InChI=1S/C20H26N2O5S/c1-6-27-19(23)16-12(2)21-20-22(8-7-9-28-20)17(16)13-10-14(24-3)18(26-5)15(11-13)25-4/h10-11,17H,6-9H2,1-5H3/t17-/m1/s1. The van der Waals surface area contributed by atoms with Crippen molar-refractivity contribution < 1.29 is 23.7 Å². The van der Waals surface area contributed by atoms with E-state index in [1.54, 1.807) is 40.0 Å². The van der Waals surface area contributed by atoms with Crippen molar-refractivity contribution in [1.29, 1.82) is 0 Å². The van der Waals surface area contributed by atoms with Crippen LogP contribution in [0.1, 0.15) is 31.9 Å². The van der Waals surface area contributed by atoms with Crippen molar-refractivity contribution in [3.8, 4) is 17.2 Å². The van der Waals surface area contributed by atoms with Crippen LogP contribution in [0.25, 0.3) is 0 Å². The molecule has 1 fully saturated rings. The predicted octanol–water partition coefficient (Wildman–Crippen LogP) is 3.40.